The van der Waals surface area contributed by atoms with Crippen LogP contribution in [0.1, 0.15) is 24.2 Å². The first-order chi connectivity index (χ1) is 8.17. The van der Waals surface area contributed by atoms with Crippen LogP contribution in [0.15, 0.2) is 22.7 Å². The molecule has 0 saturated heterocycles. The summed E-state index contributed by atoms with van der Waals surface area (Å²) in [5, 5.41) is 9.12. The van der Waals surface area contributed by atoms with Gasteiger partial charge in [-0.2, -0.15) is 0 Å². The van der Waals surface area contributed by atoms with E-state index in [1.165, 1.54) is 25.8 Å². The van der Waals surface area contributed by atoms with Gasteiger partial charge in [0.1, 0.15) is 5.54 Å². The number of rotatable bonds is 3. The molecule has 6 heteroatoms. The maximum Gasteiger partial charge on any atom is 0.329 e. The fourth-order valence-corrected chi connectivity index (χ4v) is 2.15. The van der Waals surface area contributed by atoms with Crippen LogP contribution < -0.4 is 0 Å². The number of hydrogen-bond acceptors (Lipinski definition) is 2. The third-order valence-electron chi connectivity index (χ3n) is 2.83. The minimum atomic E-state index is -1.25. The normalized spacial score (nSPS) is 11.2. The van der Waals surface area contributed by atoms with Crippen molar-refractivity contribution in [2.75, 3.05) is 7.05 Å². The molecule has 0 bridgehead atoms. The molecule has 4 nitrogen and oxygen atoms in total. The van der Waals surface area contributed by atoms with Gasteiger partial charge in [0.15, 0.2) is 0 Å². The molecule has 18 heavy (non-hydrogen) atoms. The molecule has 1 rings (SSSR count). The van der Waals surface area contributed by atoms with Crippen molar-refractivity contribution in [3.05, 3.63) is 31.8 Å². The summed E-state index contributed by atoms with van der Waals surface area (Å²) in [7, 11) is 1.49. The Morgan fingerprint density at radius 1 is 1.39 bits per heavy atom. The Labute approximate surface area is 128 Å². The average Bonchev–Trinajstić information content (AvgIpc) is 2.30. The van der Waals surface area contributed by atoms with Gasteiger partial charge in [-0.3, -0.25) is 4.79 Å². The van der Waals surface area contributed by atoms with Gasteiger partial charge in [-0.15, -0.1) is 0 Å². The Kier molecular flexibility index (Phi) is 4.77. The number of carboxylic acid groups (broad SMARTS) is 1. The highest BCUT2D eigenvalue weighted by Crippen LogP contribution is 2.23. The van der Waals surface area contributed by atoms with Crippen molar-refractivity contribution in [3.8, 4) is 0 Å². The molecule has 0 spiro atoms. The van der Waals surface area contributed by atoms with E-state index in [-0.39, 0.29) is 5.91 Å². The molecular formula is C12H13BrINO3. The van der Waals surface area contributed by atoms with E-state index >= 15 is 0 Å². The summed E-state index contributed by atoms with van der Waals surface area (Å²) < 4.78 is 1.57. The van der Waals surface area contributed by atoms with Crippen molar-refractivity contribution in [2.24, 2.45) is 0 Å². The molecule has 1 aromatic carbocycles. The van der Waals surface area contributed by atoms with Crippen molar-refractivity contribution in [3.63, 3.8) is 0 Å². The molecule has 0 fully saturated rings. The fraction of sp³-hybridized carbons (Fsp3) is 0.333. The number of benzene rings is 1. The van der Waals surface area contributed by atoms with E-state index in [0.717, 1.165) is 3.57 Å². The Hall–Kier alpha value is -0.630. The second-order valence-electron chi connectivity index (χ2n) is 4.35. The topological polar surface area (TPSA) is 57.6 Å². The summed E-state index contributed by atoms with van der Waals surface area (Å²) in [5.74, 6) is -1.37. The van der Waals surface area contributed by atoms with Crippen LogP contribution >= 0.6 is 38.5 Å². The van der Waals surface area contributed by atoms with Crippen LogP contribution in [-0.4, -0.2) is 34.5 Å². The lowest BCUT2D eigenvalue weighted by Crippen LogP contribution is -2.50. The first-order valence-electron chi connectivity index (χ1n) is 5.14. The monoisotopic (exact) mass is 425 g/mol. The van der Waals surface area contributed by atoms with Crippen LogP contribution in [0.4, 0.5) is 0 Å². The number of amides is 1. The van der Waals surface area contributed by atoms with E-state index in [2.05, 4.69) is 38.5 Å². The lowest BCUT2D eigenvalue weighted by Gasteiger charge is -2.31. The van der Waals surface area contributed by atoms with Gasteiger partial charge in [-0.05, 0) is 70.6 Å². The summed E-state index contributed by atoms with van der Waals surface area (Å²) in [6, 6.07) is 5.36. The molecule has 1 N–H and O–H groups in total. The van der Waals surface area contributed by atoms with Gasteiger partial charge in [-0.1, -0.05) is 0 Å². The largest absolute Gasteiger partial charge is 0.480 e. The standard InChI is InChI=1S/C12H13BrINO3/c1-12(2,11(17)18)15(3)10(16)8-6-7(14)4-5-9(8)13/h4-6H,1-3H3,(H,17,18). The number of carboxylic acids is 1. The molecule has 1 amide bonds. The number of likely N-dealkylation sites (N-methyl/N-ethyl adjacent to an activating group) is 1. The van der Waals surface area contributed by atoms with Crippen LogP contribution in [0.5, 0.6) is 0 Å². The molecule has 0 heterocycles. The third-order valence-corrected chi connectivity index (χ3v) is 4.19. The molecule has 0 atom stereocenters. The summed E-state index contributed by atoms with van der Waals surface area (Å²) in [6.07, 6.45) is 0. The highest BCUT2D eigenvalue weighted by Gasteiger charge is 2.36. The first-order valence-corrected chi connectivity index (χ1v) is 7.01. The molecule has 0 saturated carbocycles. The predicted octanol–water partition coefficient (Wildman–Crippen LogP) is 2.99. The van der Waals surface area contributed by atoms with Crippen molar-refractivity contribution in [1.29, 1.82) is 0 Å². The first kappa shape index (κ1) is 15.4. The molecule has 0 aromatic heterocycles. The summed E-state index contributed by atoms with van der Waals surface area (Å²) in [5.41, 5.74) is -0.795. The van der Waals surface area contributed by atoms with Crippen molar-refractivity contribution in [2.45, 2.75) is 19.4 Å². The molecule has 1 aromatic rings. The smallest absolute Gasteiger partial charge is 0.329 e. The second kappa shape index (κ2) is 5.56. The van der Waals surface area contributed by atoms with E-state index in [4.69, 9.17) is 5.11 Å². The van der Waals surface area contributed by atoms with Gasteiger partial charge < -0.3 is 10.0 Å². The third kappa shape index (κ3) is 3.03. The summed E-state index contributed by atoms with van der Waals surface area (Å²) in [6.45, 7) is 2.99. The maximum atomic E-state index is 12.3. The Morgan fingerprint density at radius 2 is 1.94 bits per heavy atom. The number of carbonyl (C=O) groups excluding carboxylic acids is 1. The van der Waals surface area contributed by atoms with Crippen LogP contribution in [-0.2, 0) is 4.79 Å². The molecule has 0 aliphatic rings. The van der Waals surface area contributed by atoms with Gasteiger partial charge >= 0.3 is 5.97 Å². The van der Waals surface area contributed by atoms with Gasteiger partial charge in [0, 0.05) is 15.1 Å². The summed E-state index contributed by atoms with van der Waals surface area (Å²) in [4.78, 5) is 24.7. The number of hydrogen-bond donors (Lipinski definition) is 1. The molecule has 0 radical (unpaired) electrons. The SMILES string of the molecule is CN(C(=O)c1cc(I)ccc1Br)C(C)(C)C(=O)O. The number of nitrogens with zero attached hydrogens (tertiary/aromatic N) is 1. The zero-order valence-corrected chi connectivity index (χ0v) is 13.9. The van der Waals surface area contributed by atoms with Crippen molar-refractivity contribution in [1.82, 2.24) is 4.90 Å². The van der Waals surface area contributed by atoms with Crippen molar-refractivity contribution < 1.29 is 14.7 Å². The van der Waals surface area contributed by atoms with Gasteiger partial charge in [0.25, 0.3) is 5.91 Å². The minimum absolute atomic E-state index is 0.326. The van der Waals surface area contributed by atoms with E-state index in [1.54, 1.807) is 12.1 Å². The minimum Gasteiger partial charge on any atom is -0.480 e. The van der Waals surface area contributed by atoms with Crippen LogP contribution in [0, 0.1) is 3.57 Å². The van der Waals surface area contributed by atoms with Crippen LogP contribution in [0.3, 0.4) is 0 Å². The molecule has 98 valence electrons. The highest BCUT2D eigenvalue weighted by molar-refractivity contribution is 14.1. The quantitative estimate of drug-likeness (QED) is 0.757. The highest BCUT2D eigenvalue weighted by atomic mass is 127. The lowest BCUT2D eigenvalue weighted by atomic mass is 10.0. The number of halogens is 2. The molecule has 0 aliphatic heterocycles. The summed E-state index contributed by atoms with van der Waals surface area (Å²) >= 11 is 5.41. The van der Waals surface area contributed by atoms with E-state index in [9.17, 15) is 9.59 Å². The molecular weight excluding hydrogens is 413 g/mol. The lowest BCUT2D eigenvalue weighted by molar-refractivity contribution is -0.147. The molecule has 0 unspecified atom stereocenters. The zero-order valence-electron chi connectivity index (χ0n) is 10.2. The van der Waals surface area contributed by atoms with Crippen LogP contribution in [0.25, 0.3) is 0 Å². The van der Waals surface area contributed by atoms with E-state index in [1.807, 2.05) is 6.07 Å². The Morgan fingerprint density at radius 3 is 2.44 bits per heavy atom. The Bertz CT molecular complexity index is 502. The van der Waals surface area contributed by atoms with Gasteiger partial charge in [0.2, 0.25) is 0 Å². The fourth-order valence-electron chi connectivity index (χ4n) is 1.24. The van der Waals surface area contributed by atoms with Gasteiger partial charge in [0.05, 0.1) is 5.56 Å². The van der Waals surface area contributed by atoms with E-state index < -0.39 is 11.5 Å². The predicted molar refractivity (Wildman–Crippen MR) is 80.7 cm³/mol. The maximum absolute atomic E-state index is 12.3. The average molecular weight is 426 g/mol. The van der Waals surface area contributed by atoms with Crippen LogP contribution in [0.2, 0.25) is 0 Å². The molecule has 0 aliphatic carbocycles. The van der Waals surface area contributed by atoms with Crippen molar-refractivity contribution >= 4 is 50.4 Å². The number of aliphatic carboxylic acids is 1. The Balaban J connectivity index is 3.15. The second-order valence-corrected chi connectivity index (χ2v) is 6.45. The zero-order chi connectivity index (χ0) is 14.1. The van der Waals surface area contributed by atoms with Gasteiger partial charge in [-0.25, -0.2) is 4.79 Å². The number of carbonyl (C=O) groups is 2. The van der Waals surface area contributed by atoms with E-state index in [0.29, 0.717) is 10.0 Å².